The van der Waals surface area contributed by atoms with Gasteiger partial charge in [-0.2, -0.15) is 0 Å². The van der Waals surface area contributed by atoms with Crippen LogP contribution in [0.5, 0.6) is 0 Å². The standard InChI is InChI=1S/C57H101NO5/c1-4-7-10-13-16-19-22-25-27-29-32-35-38-41-44-47-50-57(62)63-53(48-45-42-39-36-33-30-24-21-18-15-12-9-6-3)51-56(61)58-54(52-59)55(60)49-46-43-40-37-34-31-28-26-23-20-17-14-11-8-5-2/h7,9-10,12,15-16,18-19,21,24-25,27,53-55,59-60H,4-6,8,11,13-14,17,20,22-23,26,28-52H2,1-3H3,(H,58,61)/b10-7+,12-9+,18-15+,19-16+,24-21+,27-25+. The molecule has 0 spiro atoms. The van der Waals surface area contributed by atoms with Gasteiger partial charge in [0.2, 0.25) is 5.91 Å². The molecule has 0 aromatic heterocycles. The lowest BCUT2D eigenvalue weighted by atomic mass is 10.0. The summed E-state index contributed by atoms with van der Waals surface area (Å²) in [5.74, 6) is -0.508. The average Bonchev–Trinajstić information content (AvgIpc) is 3.28. The van der Waals surface area contributed by atoms with Gasteiger partial charge in [-0.05, 0) is 77.0 Å². The summed E-state index contributed by atoms with van der Waals surface area (Å²) in [7, 11) is 0. The molecule has 0 aliphatic carbocycles. The van der Waals surface area contributed by atoms with Crippen LogP contribution < -0.4 is 5.32 Å². The van der Waals surface area contributed by atoms with Crippen LogP contribution in [0.1, 0.15) is 252 Å². The van der Waals surface area contributed by atoms with Crippen molar-refractivity contribution in [3.63, 3.8) is 0 Å². The Hall–Kier alpha value is -2.70. The first-order valence-corrected chi connectivity index (χ1v) is 26.7. The van der Waals surface area contributed by atoms with E-state index in [1.807, 2.05) is 0 Å². The van der Waals surface area contributed by atoms with Crippen molar-refractivity contribution in [2.45, 2.75) is 270 Å². The molecule has 6 nitrogen and oxygen atoms in total. The molecule has 0 rings (SSSR count). The number of nitrogens with one attached hydrogen (secondary N) is 1. The lowest BCUT2D eigenvalue weighted by molar-refractivity contribution is -0.151. The lowest BCUT2D eigenvalue weighted by Crippen LogP contribution is -2.46. The third kappa shape index (κ3) is 45.7. The van der Waals surface area contributed by atoms with E-state index in [9.17, 15) is 19.8 Å². The number of carbonyl (C=O) groups is 2. The van der Waals surface area contributed by atoms with Crippen molar-refractivity contribution in [1.82, 2.24) is 5.32 Å². The topological polar surface area (TPSA) is 95.9 Å². The van der Waals surface area contributed by atoms with Gasteiger partial charge in [0.15, 0.2) is 0 Å². The van der Waals surface area contributed by atoms with E-state index in [2.05, 4.69) is 99.0 Å². The molecule has 3 unspecified atom stereocenters. The number of aliphatic hydroxyl groups is 2. The van der Waals surface area contributed by atoms with E-state index in [1.54, 1.807) is 0 Å². The Morgan fingerprint density at radius 1 is 0.492 bits per heavy atom. The summed E-state index contributed by atoms with van der Waals surface area (Å²) in [4.78, 5) is 26.2. The van der Waals surface area contributed by atoms with Crippen LogP contribution in [0.25, 0.3) is 0 Å². The smallest absolute Gasteiger partial charge is 0.306 e. The van der Waals surface area contributed by atoms with Crippen molar-refractivity contribution in [1.29, 1.82) is 0 Å². The summed E-state index contributed by atoms with van der Waals surface area (Å²) in [5.41, 5.74) is 0. The van der Waals surface area contributed by atoms with Crippen LogP contribution in [0.4, 0.5) is 0 Å². The van der Waals surface area contributed by atoms with Crippen molar-refractivity contribution >= 4 is 11.9 Å². The molecule has 0 saturated heterocycles. The first kappa shape index (κ1) is 60.3. The van der Waals surface area contributed by atoms with Crippen molar-refractivity contribution in [2.24, 2.45) is 0 Å². The number of esters is 1. The van der Waals surface area contributed by atoms with Crippen LogP contribution in [0.15, 0.2) is 72.9 Å². The molecule has 0 aliphatic heterocycles. The normalized spacial score (nSPS) is 13.8. The van der Waals surface area contributed by atoms with Gasteiger partial charge in [0, 0.05) is 6.42 Å². The highest BCUT2D eigenvalue weighted by atomic mass is 16.5. The summed E-state index contributed by atoms with van der Waals surface area (Å²) >= 11 is 0. The molecule has 1 amide bonds. The van der Waals surface area contributed by atoms with Crippen molar-refractivity contribution in [3.8, 4) is 0 Å². The number of hydrogen-bond acceptors (Lipinski definition) is 5. The number of allylic oxidation sites excluding steroid dienone is 12. The average molecular weight is 880 g/mol. The molecule has 3 atom stereocenters. The predicted molar refractivity (Wildman–Crippen MR) is 273 cm³/mol. The Balaban J connectivity index is 4.59. The van der Waals surface area contributed by atoms with E-state index < -0.39 is 18.2 Å². The highest BCUT2D eigenvalue weighted by molar-refractivity contribution is 5.77. The summed E-state index contributed by atoms with van der Waals surface area (Å²) in [6.07, 6.45) is 63.9. The van der Waals surface area contributed by atoms with Crippen LogP contribution >= 0.6 is 0 Å². The highest BCUT2D eigenvalue weighted by Crippen LogP contribution is 2.18. The zero-order valence-corrected chi connectivity index (χ0v) is 41.4. The Kier molecular flexibility index (Phi) is 48.1. The molecule has 0 aromatic carbocycles. The number of amides is 1. The minimum absolute atomic E-state index is 0.0563. The second-order valence-electron chi connectivity index (χ2n) is 17.9. The van der Waals surface area contributed by atoms with Gasteiger partial charge in [0.1, 0.15) is 6.10 Å². The van der Waals surface area contributed by atoms with Gasteiger partial charge in [-0.1, -0.05) is 235 Å². The molecular weight excluding hydrogens is 779 g/mol. The third-order valence-corrected chi connectivity index (χ3v) is 11.8. The maximum atomic E-state index is 13.2. The summed E-state index contributed by atoms with van der Waals surface area (Å²) in [6, 6.07) is -0.714. The zero-order chi connectivity index (χ0) is 45.9. The second-order valence-corrected chi connectivity index (χ2v) is 17.9. The van der Waals surface area contributed by atoms with Gasteiger partial charge in [0.05, 0.1) is 25.2 Å². The molecule has 3 N–H and O–H groups in total. The van der Waals surface area contributed by atoms with Crippen LogP contribution in [0, 0.1) is 0 Å². The third-order valence-electron chi connectivity index (χ3n) is 11.8. The summed E-state index contributed by atoms with van der Waals surface area (Å²) in [5, 5.41) is 23.8. The summed E-state index contributed by atoms with van der Waals surface area (Å²) in [6.45, 7) is 6.24. The summed E-state index contributed by atoms with van der Waals surface area (Å²) < 4.78 is 5.93. The van der Waals surface area contributed by atoms with Gasteiger partial charge >= 0.3 is 5.97 Å². The van der Waals surface area contributed by atoms with E-state index in [0.29, 0.717) is 19.3 Å². The molecule has 0 fully saturated rings. The molecule has 0 saturated carbocycles. The molecule has 0 bridgehead atoms. The van der Waals surface area contributed by atoms with Gasteiger partial charge in [-0.3, -0.25) is 9.59 Å². The number of unbranched alkanes of at least 4 members (excludes halogenated alkanes) is 25. The van der Waals surface area contributed by atoms with Gasteiger partial charge in [0.25, 0.3) is 0 Å². The minimum Gasteiger partial charge on any atom is -0.462 e. The molecule has 0 radical (unpaired) electrons. The molecule has 63 heavy (non-hydrogen) atoms. The van der Waals surface area contributed by atoms with Crippen LogP contribution in [0.3, 0.4) is 0 Å². The van der Waals surface area contributed by atoms with Crippen LogP contribution in [0.2, 0.25) is 0 Å². The minimum atomic E-state index is -0.799. The van der Waals surface area contributed by atoms with Gasteiger partial charge in [-0.25, -0.2) is 0 Å². The number of ether oxygens (including phenoxy) is 1. The first-order valence-electron chi connectivity index (χ1n) is 26.7. The fourth-order valence-electron chi connectivity index (χ4n) is 7.86. The Morgan fingerprint density at radius 3 is 1.48 bits per heavy atom. The SMILES string of the molecule is CC/C=C/C=C/C=C/CCCCCCCC(CC(=O)NC(CO)C(O)CCCCCCCCCCCCCCCCC)OC(=O)CCCCCCCC/C=C/C/C=C/C/C=C/CC. The van der Waals surface area contributed by atoms with Crippen LogP contribution in [-0.2, 0) is 14.3 Å². The number of hydrogen-bond donors (Lipinski definition) is 3. The van der Waals surface area contributed by atoms with E-state index in [4.69, 9.17) is 4.74 Å². The molecule has 364 valence electrons. The monoisotopic (exact) mass is 880 g/mol. The second kappa shape index (κ2) is 50.3. The number of aliphatic hydroxyl groups excluding tert-OH is 2. The molecule has 0 heterocycles. The van der Waals surface area contributed by atoms with Gasteiger partial charge in [-0.15, -0.1) is 0 Å². The fourth-order valence-corrected chi connectivity index (χ4v) is 7.86. The fraction of sp³-hybridized carbons (Fsp3) is 0.754. The van der Waals surface area contributed by atoms with Gasteiger partial charge < -0.3 is 20.3 Å². The molecule has 0 aliphatic rings. The molecule has 0 aromatic rings. The maximum Gasteiger partial charge on any atom is 0.306 e. The van der Waals surface area contributed by atoms with E-state index >= 15 is 0 Å². The predicted octanol–water partition coefficient (Wildman–Crippen LogP) is 16.2. The van der Waals surface area contributed by atoms with E-state index in [0.717, 1.165) is 109 Å². The lowest BCUT2D eigenvalue weighted by Gasteiger charge is -2.24. The zero-order valence-electron chi connectivity index (χ0n) is 41.4. The maximum absolute atomic E-state index is 13.2. The van der Waals surface area contributed by atoms with Crippen molar-refractivity contribution in [3.05, 3.63) is 72.9 Å². The largest absolute Gasteiger partial charge is 0.462 e. The Bertz CT molecular complexity index is 1170. The Morgan fingerprint density at radius 2 is 0.937 bits per heavy atom. The van der Waals surface area contributed by atoms with Crippen molar-refractivity contribution < 1.29 is 24.5 Å². The quantitative estimate of drug-likeness (QED) is 0.0245. The molecular formula is C57H101NO5. The molecule has 6 heteroatoms. The van der Waals surface area contributed by atoms with E-state index in [1.165, 1.54) is 96.3 Å². The first-order chi connectivity index (χ1) is 31.0. The Labute approximate surface area is 390 Å². The van der Waals surface area contributed by atoms with E-state index in [-0.39, 0.29) is 24.9 Å². The number of carbonyl (C=O) groups excluding carboxylic acids is 2. The highest BCUT2D eigenvalue weighted by Gasteiger charge is 2.24. The van der Waals surface area contributed by atoms with Crippen molar-refractivity contribution in [2.75, 3.05) is 6.61 Å². The number of rotatable bonds is 47. The van der Waals surface area contributed by atoms with Crippen LogP contribution in [-0.4, -0.2) is 46.9 Å².